The number of hydrogen-bond donors (Lipinski definition) is 1. The van der Waals surface area contributed by atoms with Crippen molar-refractivity contribution in [2.75, 3.05) is 6.54 Å². The van der Waals surface area contributed by atoms with Gasteiger partial charge in [0.1, 0.15) is 12.4 Å². The molecule has 0 atom stereocenters. The van der Waals surface area contributed by atoms with E-state index >= 15 is 0 Å². The van der Waals surface area contributed by atoms with Gasteiger partial charge >= 0.3 is 11.8 Å². The molecule has 0 spiro atoms. The van der Waals surface area contributed by atoms with E-state index in [0.717, 1.165) is 18.4 Å². The molecule has 0 aliphatic heterocycles. The summed E-state index contributed by atoms with van der Waals surface area (Å²) in [4.78, 5) is 27.9. The molecule has 2 aromatic heterocycles. The first kappa shape index (κ1) is 18.0. The molecule has 0 radical (unpaired) electrons. The van der Waals surface area contributed by atoms with Crippen LogP contribution < -0.4 is 15.5 Å². The van der Waals surface area contributed by atoms with Gasteiger partial charge in [-0.05, 0) is 31.2 Å². The molecule has 0 saturated heterocycles. The minimum Gasteiger partial charge on any atom is -0.482 e. The molecule has 1 aliphatic rings. The van der Waals surface area contributed by atoms with Crippen LogP contribution in [0, 0.1) is 12.8 Å². The maximum absolute atomic E-state index is 12.0. The molecule has 0 bridgehead atoms. The highest BCUT2D eigenvalue weighted by molar-refractivity contribution is 5.89. The van der Waals surface area contributed by atoms with Gasteiger partial charge in [0.25, 0.3) is 0 Å². The van der Waals surface area contributed by atoms with E-state index in [1.54, 1.807) is 19.1 Å². The summed E-state index contributed by atoms with van der Waals surface area (Å²) in [7, 11) is 0. The molecule has 4 rings (SSSR count). The predicted molar refractivity (Wildman–Crippen MR) is 98.8 cm³/mol. The minimum absolute atomic E-state index is 0.0469. The minimum atomic E-state index is -0.354. The Morgan fingerprint density at radius 2 is 2.04 bits per heavy atom. The lowest BCUT2D eigenvalue weighted by atomic mass is 10.1. The van der Waals surface area contributed by atoms with Gasteiger partial charge in [0, 0.05) is 18.2 Å². The van der Waals surface area contributed by atoms with E-state index in [0.29, 0.717) is 29.6 Å². The Morgan fingerprint density at radius 1 is 1.25 bits per heavy atom. The molecule has 2 heterocycles. The molecule has 1 aromatic carbocycles. The van der Waals surface area contributed by atoms with Crippen molar-refractivity contribution in [2.24, 2.45) is 5.92 Å². The smallest absolute Gasteiger partial charge is 0.316 e. The molecule has 1 amide bonds. The quantitative estimate of drug-likeness (QED) is 0.670. The highest BCUT2D eigenvalue weighted by Crippen LogP contribution is 2.27. The number of carbonyl (C=O) groups excluding carboxylic acids is 1. The summed E-state index contributed by atoms with van der Waals surface area (Å²) >= 11 is 0. The zero-order valence-electron chi connectivity index (χ0n) is 15.3. The average molecular weight is 381 g/mol. The normalized spacial score (nSPS) is 13.3. The Hall–Kier alpha value is -3.42. The van der Waals surface area contributed by atoms with Crippen LogP contribution >= 0.6 is 0 Å². The summed E-state index contributed by atoms with van der Waals surface area (Å²) in [5.41, 5.74) is 1.35. The molecule has 0 unspecified atom stereocenters. The topological polar surface area (TPSA) is 107 Å². The highest BCUT2D eigenvalue weighted by Gasteiger charge is 2.23. The summed E-state index contributed by atoms with van der Waals surface area (Å²) in [5.74, 6) is 1.15. The Morgan fingerprint density at radius 3 is 2.75 bits per heavy atom. The average Bonchev–Trinajstić information content (AvgIpc) is 3.40. The first-order chi connectivity index (χ1) is 13.6. The van der Waals surface area contributed by atoms with E-state index < -0.39 is 0 Å². The fraction of sp³-hybridized carbons (Fsp3) is 0.300. The van der Waals surface area contributed by atoms with Gasteiger partial charge in [-0.3, -0.25) is 9.59 Å². The van der Waals surface area contributed by atoms with Crippen LogP contribution in [-0.4, -0.2) is 22.6 Å². The number of carbonyl (C=O) groups is 1. The molecular formula is C20H19N3O5. The molecule has 1 fully saturated rings. The first-order valence-corrected chi connectivity index (χ1v) is 9.02. The van der Waals surface area contributed by atoms with E-state index in [1.807, 2.05) is 12.1 Å². The lowest BCUT2D eigenvalue weighted by Gasteiger charge is -2.07. The molecule has 1 saturated carbocycles. The number of amides is 1. The van der Waals surface area contributed by atoms with Crippen LogP contribution in [-0.2, 0) is 6.61 Å². The molecule has 144 valence electrons. The third-order valence-corrected chi connectivity index (χ3v) is 4.47. The molecule has 8 heteroatoms. The number of rotatable bonds is 7. The first-order valence-electron chi connectivity index (χ1n) is 9.02. The standard InChI is InChI=1S/C20H19N3O5/c1-12-17(16(24)8-9-26-12)27-11-14-4-6-15(7-5-14)18-22-20(28-23-18)19(25)21-10-13-2-3-13/h4-9,13H,2-3,10-11H2,1H3,(H,21,25). The zero-order valence-corrected chi connectivity index (χ0v) is 15.3. The third kappa shape index (κ3) is 4.11. The van der Waals surface area contributed by atoms with Gasteiger partial charge in [0.05, 0.1) is 6.26 Å². The predicted octanol–water partition coefficient (Wildman–Crippen LogP) is 2.72. The van der Waals surface area contributed by atoms with Crippen LogP contribution in [0.25, 0.3) is 11.4 Å². The van der Waals surface area contributed by atoms with E-state index in [2.05, 4.69) is 15.5 Å². The van der Waals surface area contributed by atoms with Gasteiger partial charge < -0.3 is 19.0 Å². The SMILES string of the molecule is Cc1occc(=O)c1OCc1ccc(-c2noc(C(=O)NCC3CC3)n2)cc1. The van der Waals surface area contributed by atoms with Crippen molar-refractivity contribution in [3.8, 4) is 17.1 Å². The van der Waals surface area contributed by atoms with Crippen LogP contribution in [0.4, 0.5) is 0 Å². The summed E-state index contributed by atoms with van der Waals surface area (Å²) < 4.78 is 15.8. The van der Waals surface area contributed by atoms with Crippen molar-refractivity contribution in [2.45, 2.75) is 26.4 Å². The largest absolute Gasteiger partial charge is 0.482 e. The van der Waals surface area contributed by atoms with Crippen LogP contribution in [0.2, 0.25) is 0 Å². The van der Waals surface area contributed by atoms with E-state index in [4.69, 9.17) is 13.7 Å². The second-order valence-corrected chi connectivity index (χ2v) is 6.73. The summed E-state index contributed by atoms with van der Waals surface area (Å²) in [6.45, 7) is 2.54. The maximum atomic E-state index is 12.0. The number of hydrogen-bond acceptors (Lipinski definition) is 7. The zero-order chi connectivity index (χ0) is 19.5. The highest BCUT2D eigenvalue weighted by atomic mass is 16.5. The second kappa shape index (κ2) is 7.67. The van der Waals surface area contributed by atoms with Crippen molar-refractivity contribution in [3.63, 3.8) is 0 Å². The fourth-order valence-corrected chi connectivity index (χ4v) is 2.65. The monoisotopic (exact) mass is 381 g/mol. The van der Waals surface area contributed by atoms with Crippen LogP contribution in [0.1, 0.15) is 34.9 Å². The van der Waals surface area contributed by atoms with Gasteiger partial charge in [-0.1, -0.05) is 29.4 Å². The number of aryl methyl sites for hydroxylation is 1. The van der Waals surface area contributed by atoms with E-state index in [9.17, 15) is 9.59 Å². The summed E-state index contributed by atoms with van der Waals surface area (Å²) in [5, 5.41) is 6.66. The van der Waals surface area contributed by atoms with E-state index in [1.165, 1.54) is 12.3 Å². The van der Waals surface area contributed by atoms with Crippen molar-refractivity contribution < 1.29 is 18.5 Å². The molecule has 1 N–H and O–H groups in total. The molecule has 28 heavy (non-hydrogen) atoms. The van der Waals surface area contributed by atoms with Crippen molar-refractivity contribution in [3.05, 3.63) is 64.0 Å². The fourth-order valence-electron chi connectivity index (χ4n) is 2.65. The van der Waals surface area contributed by atoms with Gasteiger partial charge in [-0.25, -0.2) is 0 Å². The van der Waals surface area contributed by atoms with E-state index in [-0.39, 0.29) is 29.6 Å². The Labute approximate surface area is 160 Å². The molecule has 3 aromatic rings. The van der Waals surface area contributed by atoms with Gasteiger partial charge in [-0.2, -0.15) is 4.98 Å². The van der Waals surface area contributed by atoms with Gasteiger partial charge in [-0.15, -0.1) is 0 Å². The molecule has 8 nitrogen and oxygen atoms in total. The molecule has 1 aliphatic carbocycles. The number of nitrogens with zero attached hydrogens (tertiary/aromatic N) is 2. The number of nitrogens with one attached hydrogen (secondary N) is 1. The Bertz CT molecular complexity index is 1030. The third-order valence-electron chi connectivity index (χ3n) is 4.47. The van der Waals surface area contributed by atoms with Crippen LogP contribution in [0.5, 0.6) is 5.75 Å². The van der Waals surface area contributed by atoms with Crippen LogP contribution in [0.3, 0.4) is 0 Å². The summed E-state index contributed by atoms with van der Waals surface area (Å²) in [6, 6.07) is 8.59. The lowest BCUT2D eigenvalue weighted by Crippen LogP contribution is -2.25. The number of aromatic nitrogens is 2. The number of benzene rings is 1. The Balaban J connectivity index is 1.39. The maximum Gasteiger partial charge on any atom is 0.316 e. The summed E-state index contributed by atoms with van der Waals surface area (Å²) in [6.07, 6.45) is 3.64. The van der Waals surface area contributed by atoms with Crippen molar-refractivity contribution in [1.82, 2.24) is 15.5 Å². The molecular weight excluding hydrogens is 362 g/mol. The van der Waals surface area contributed by atoms with Crippen molar-refractivity contribution >= 4 is 5.91 Å². The van der Waals surface area contributed by atoms with Crippen LogP contribution in [0.15, 0.2) is 50.3 Å². The Kier molecular flexibility index (Phi) is 4.92. The second-order valence-electron chi connectivity index (χ2n) is 6.73. The number of ether oxygens (including phenoxy) is 1. The van der Waals surface area contributed by atoms with Gasteiger partial charge in [0.2, 0.25) is 17.0 Å². The van der Waals surface area contributed by atoms with Gasteiger partial charge in [0.15, 0.2) is 0 Å². The van der Waals surface area contributed by atoms with Crippen molar-refractivity contribution in [1.29, 1.82) is 0 Å². The lowest BCUT2D eigenvalue weighted by molar-refractivity contribution is 0.0908.